The van der Waals surface area contributed by atoms with Crippen molar-refractivity contribution in [1.82, 2.24) is 9.38 Å². The fourth-order valence-electron chi connectivity index (χ4n) is 2.65. The highest BCUT2D eigenvalue weighted by atomic mass is 16.5. The normalized spacial score (nSPS) is 11.0. The van der Waals surface area contributed by atoms with Crippen molar-refractivity contribution >= 4 is 17.2 Å². The zero-order valence-electron chi connectivity index (χ0n) is 14.3. The van der Waals surface area contributed by atoms with E-state index < -0.39 is 0 Å². The molecule has 0 atom stereocenters. The molecule has 1 amide bonds. The van der Waals surface area contributed by atoms with Crippen molar-refractivity contribution in [3.05, 3.63) is 59.5 Å². The highest BCUT2D eigenvalue weighted by Gasteiger charge is 2.18. The summed E-state index contributed by atoms with van der Waals surface area (Å²) < 4.78 is 7.57. The van der Waals surface area contributed by atoms with Crippen LogP contribution in [-0.4, -0.2) is 21.4 Å². The van der Waals surface area contributed by atoms with E-state index in [0.717, 1.165) is 11.2 Å². The van der Waals surface area contributed by atoms with Gasteiger partial charge < -0.3 is 10.1 Å². The maximum absolute atomic E-state index is 12.8. The number of benzene rings is 1. The lowest BCUT2D eigenvalue weighted by molar-refractivity contribution is 0.102. The molecule has 3 rings (SSSR count). The summed E-state index contributed by atoms with van der Waals surface area (Å²) in [5.41, 5.74) is 3.75. The number of fused-ring (bicyclic) bond motifs is 1. The number of aromatic nitrogens is 2. The zero-order valence-corrected chi connectivity index (χ0v) is 14.3. The number of nitrogens with zero attached hydrogens (tertiary/aromatic N) is 2. The van der Waals surface area contributed by atoms with Crippen LogP contribution >= 0.6 is 0 Å². The van der Waals surface area contributed by atoms with E-state index in [9.17, 15) is 4.79 Å². The number of hydrogen-bond donors (Lipinski definition) is 1. The van der Waals surface area contributed by atoms with Crippen LogP contribution in [0.5, 0.6) is 5.75 Å². The average molecular weight is 323 g/mol. The third-order valence-corrected chi connectivity index (χ3v) is 3.67. The number of pyridine rings is 1. The van der Waals surface area contributed by atoms with Crippen LogP contribution in [0.4, 0.5) is 5.69 Å². The molecule has 0 spiro atoms. The van der Waals surface area contributed by atoms with E-state index >= 15 is 0 Å². The second-order valence-electron chi connectivity index (χ2n) is 6.10. The van der Waals surface area contributed by atoms with Crippen molar-refractivity contribution in [1.29, 1.82) is 0 Å². The van der Waals surface area contributed by atoms with Gasteiger partial charge in [-0.1, -0.05) is 12.1 Å². The molecule has 0 bridgehead atoms. The summed E-state index contributed by atoms with van der Waals surface area (Å²) in [7, 11) is 0. The fraction of sp³-hybridized carbons (Fsp3) is 0.263. The first kappa shape index (κ1) is 16.1. The number of rotatable bonds is 4. The molecule has 0 radical (unpaired) electrons. The molecule has 124 valence electrons. The molecule has 0 saturated carbocycles. The number of imidazole rings is 1. The lowest BCUT2D eigenvalue weighted by Gasteiger charge is -2.14. The third kappa shape index (κ3) is 3.11. The maximum atomic E-state index is 12.8. The largest absolute Gasteiger partial charge is 0.489 e. The van der Waals surface area contributed by atoms with Crippen LogP contribution in [0.3, 0.4) is 0 Å². The molecule has 0 aliphatic rings. The van der Waals surface area contributed by atoms with E-state index in [4.69, 9.17) is 4.74 Å². The molecule has 0 unspecified atom stereocenters. The van der Waals surface area contributed by atoms with Crippen molar-refractivity contribution in [2.75, 3.05) is 5.32 Å². The SMILES string of the molecule is Cc1ccn2c(C(=O)Nc3ccccc3OC(C)C)c(C)nc2c1. The maximum Gasteiger partial charge on any atom is 0.274 e. The van der Waals surface area contributed by atoms with Crippen molar-refractivity contribution in [3.63, 3.8) is 0 Å². The number of anilines is 1. The van der Waals surface area contributed by atoms with Gasteiger partial charge in [0.1, 0.15) is 17.1 Å². The fourth-order valence-corrected chi connectivity index (χ4v) is 2.65. The van der Waals surface area contributed by atoms with E-state index in [1.807, 2.05) is 74.7 Å². The summed E-state index contributed by atoms with van der Waals surface area (Å²) in [4.78, 5) is 17.3. The van der Waals surface area contributed by atoms with Gasteiger partial charge in [0.25, 0.3) is 5.91 Å². The van der Waals surface area contributed by atoms with E-state index in [1.165, 1.54) is 0 Å². The van der Waals surface area contributed by atoms with Gasteiger partial charge in [0.05, 0.1) is 17.5 Å². The number of nitrogens with one attached hydrogen (secondary N) is 1. The Labute approximate surface area is 141 Å². The molecule has 0 aliphatic heterocycles. The lowest BCUT2D eigenvalue weighted by Crippen LogP contribution is -2.17. The molecular weight excluding hydrogens is 302 g/mol. The van der Waals surface area contributed by atoms with E-state index in [2.05, 4.69) is 10.3 Å². The minimum absolute atomic E-state index is 0.0311. The highest BCUT2D eigenvalue weighted by Crippen LogP contribution is 2.26. The van der Waals surface area contributed by atoms with Crippen LogP contribution in [0.25, 0.3) is 5.65 Å². The number of aryl methyl sites for hydroxylation is 2. The van der Waals surface area contributed by atoms with Crippen LogP contribution < -0.4 is 10.1 Å². The van der Waals surface area contributed by atoms with Gasteiger partial charge in [-0.15, -0.1) is 0 Å². The third-order valence-electron chi connectivity index (χ3n) is 3.67. The Bertz CT molecular complexity index is 897. The molecule has 3 aromatic rings. The Hall–Kier alpha value is -2.82. The Morgan fingerprint density at radius 3 is 2.71 bits per heavy atom. The van der Waals surface area contributed by atoms with Crippen LogP contribution in [-0.2, 0) is 0 Å². The summed E-state index contributed by atoms with van der Waals surface area (Å²) in [6, 6.07) is 11.3. The molecule has 2 heterocycles. The summed E-state index contributed by atoms with van der Waals surface area (Å²) in [6.07, 6.45) is 1.90. The molecule has 0 aliphatic carbocycles. The summed E-state index contributed by atoms with van der Waals surface area (Å²) in [5, 5.41) is 2.94. The standard InChI is InChI=1S/C19H21N3O2/c1-12(2)24-16-8-6-5-7-15(16)21-19(23)18-14(4)20-17-11-13(3)9-10-22(17)18/h5-12H,1-4H3,(H,21,23). The van der Waals surface area contributed by atoms with Crippen molar-refractivity contribution in [2.45, 2.75) is 33.8 Å². The lowest BCUT2D eigenvalue weighted by atomic mass is 10.2. The Morgan fingerprint density at radius 1 is 1.21 bits per heavy atom. The first-order valence-corrected chi connectivity index (χ1v) is 7.98. The molecule has 2 aromatic heterocycles. The minimum Gasteiger partial charge on any atom is -0.489 e. The second-order valence-corrected chi connectivity index (χ2v) is 6.10. The van der Waals surface area contributed by atoms with E-state index in [0.29, 0.717) is 22.8 Å². The smallest absolute Gasteiger partial charge is 0.274 e. The number of hydrogen-bond acceptors (Lipinski definition) is 3. The van der Waals surface area contributed by atoms with Gasteiger partial charge in [0.2, 0.25) is 0 Å². The van der Waals surface area contributed by atoms with Crippen LogP contribution in [0.1, 0.15) is 35.6 Å². The van der Waals surface area contributed by atoms with E-state index in [1.54, 1.807) is 0 Å². The zero-order chi connectivity index (χ0) is 17.3. The summed E-state index contributed by atoms with van der Waals surface area (Å²) in [5.74, 6) is 0.451. The molecular formula is C19H21N3O2. The van der Waals surface area contributed by atoms with Crippen LogP contribution in [0.2, 0.25) is 0 Å². The second kappa shape index (κ2) is 6.35. The Morgan fingerprint density at radius 2 is 1.96 bits per heavy atom. The first-order chi connectivity index (χ1) is 11.5. The number of amides is 1. The number of carbonyl (C=O) groups is 1. The molecule has 5 nitrogen and oxygen atoms in total. The summed E-state index contributed by atoms with van der Waals surface area (Å²) in [6.45, 7) is 7.75. The molecule has 24 heavy (non-hydrogen) atoms. The monoisotopic (exact) mass is 323 g/mol. The van der Waals surface area contributed by atoms with Gasteiger partial charge in [-0.2, -0.15) is 0 Å². The Kier molecular flexibility index (Phi) is 4.25. The van der Waals surface area contributed by atoms with Gasteiger partial charge in [-0.05, 0) is 57.5 Å². The average Bonchev–Trinajstić information content (AvgIpc) is 2.83. The van der Waals surface area contributed by atoms with Crippen LogP contribution in [0.15, 0.2) is 42.6 Å². The van der Waals surface area contributed by atoms with Gasteiger partial charge in [0, 0.05) is 6.20 Å². The predicted octanol–water partition coefficient (Wildman–Crippen LogP) is 3.99. The van der Waals surface area contributed by atoms with Gasteiger partial charge in [-0.3, -0.25) is 9.20 Å². The Balaban J connectivity index is 1.95. The topological polar surface area (TPSA) is 55.6 Å². The molecule has 5 heteroatoms. The number of para-hydroxylation sites is 2. The van der Waals surface area contributed by atoms with E-state index in [-0.39, 0.29) is 12.0 Å². The highest BCUT2D eigenvalue weighted by molar-refractivity contribution is 6.05. The number of ether oxygens (including phenoxy) is 1. The number of carbonyl (C=O) groups excluding carboxylic acids is 1. The molecule has 1 N–H and O–H groups in total. The molecule has 1 aromatic carbocycles. The molecule has 0 fully saturated rings. The quantitative estimate of drug-likeness (QED) is 0.790. The summed E-state index contributed by atoms with van der Waals surface area (Å²) >= 11 is 0. The first-order valence-electron chi connectivity index (χ1n) is 7.98. The minimum atomic E-state index is -0.205. The van der Waals surface area contributed by atoms with Gasteiger partial charge in [0.15, 0.2) is 0 Å². The van der Waals surface area contributed by atoms with Gasteiger partial charge >= 0.3 is 0 Å². The van der Waals surface area contributed by atoms with Crippen molar-refractivity contribution in [2.24, 2.45) is 0 Å². The van der Waals surface area contributed by atoms with Crippen molar-refractivity contribution in [3.8, 4) is 5.75 Å². The van der Waals surface area contributed by atoms with Crippen molar-refractivity contribution < 1.29 is 9.53 Å². The predicted molar refractivity (Wildman–Crippen MR) is 94.8 cm³/mol. The van der Waals surface area contributed by atoms with Crippen LogP contribution in [0, 0.1) is 13.8 Å². The molecule has 0 saturated heterocycles. The van der Waals surface area contributed by atoms with Gasteiger partial charge in [-0.25, -0.2) is 4.98 Å².